The summed E-state index contributed by atoms with van der Waals surface area (Å²) in [4.78, 5) is 4.09. The van der Waals surface area contributed by atoms with E-state index in [1.54, 1.807) is 38.1 Å². The van der Waals surface area contributed by atoms with Crippen molar-refractivity contribution in [3.8, 4) is 0 Å². The van der Waals surface area contributed by atoms with E-state index < -0.39 is 10.0 Å². The van der Waals surface area contributed by atoms with Crippen LogP contribution >= 0.6 is 15.9 Å². The first-order valence-electron chi connectivity index (χ1n) is 5.82. The number of benzene rings is 1. The summed E-state index contributed by atoms with van der Waals surface area (Å²) in [6.45, 7) is 3.47. The molecule has 20 heavy (non-hydrogen) atoms. The molecule has 3 N–H and O–H groups in total. The second-order valence-electron chi connectivity index (χ2n) is 4.38. The van der Waals surface area contributed by atoms with Crippen LogP contribution in [-0.4, -0.2) is 13.4 Å². The van der Waals surface area contributed by atoms with Crippen molar-refractivity contribution in [2.45, 2.75) is 18.7 Å². The van der Waals surface area contributed by atoms with E-state index in [0.717, 1.165) is 5.56 Å². The van der Waals surface area contributed by atoms with Gasteiger partial charge in [0.2, 0.25) is 0 Å². The maximum absolute atomic E-state index is 12.5. The standard InChI is InChI=1S/C13H14BrN3O2S/c1-8-5-6-9(2)12(11(8)15)20(18,19)17-13-10(14)4-3-7-16-13/h3-7H,15H2,1-2H3,(H,16,17). The Morgan fingerprint density at radius 3 is 2.50 bits per heavy atom. The molecule has 0 aliphatic rings. The average Bonchev–Trinajstić information content (AvgIpc) is 2.37. The molecule has 106 valence electrons. The van der Waals surface area contributed by atoms with Crippen LogP contribution < -0.4 is 10.5 Å². The van der Waals surface area contributed by atoms with Crippen molar-refractivity contribution < 1.29 is 8.42 Å². The first kappa shape index (κ1) is 14.8. The van der Waals surface area contributed by atoms with Gasteiger partial charge in [0.1, 0.15) is 4.90 Å². The molecule has 0 unspecified atom stereocenters. The lowest BCUT2D eigenvalue weighted by Crippen LogP contribution is -2.17. The van der Waals surface area contributed by atoms with Gasteiger partial charge >= 0.3 is 0 Å². The Morgan fingerprint density at radius 2 is 1.85 bits per heavy atom. The van der Waals surface area contributed by atoms with Crippen molar-refractivity contribution in [1.29, 1.82) is 0 Å². The molecule has 0 saturated heterocycles. The van der Waals surface area contributed by atoms with Gasteiger partial charge in [0.15, 0.2) is 5.82 Å². The molecule has 1 aromatic heterocycles. The molecule has 0 fully saturated rings. The van der Waals surface area contributed by atoms with Crippen molar-refractivity contribution >= 4 is 37.5 Å². The summed E-state index contributed by atoms with van der Waals surface area (Å²) in [5.74, 6) is 0.229. The SMILES string of the molecule is Cc1ccc(C)c(S(=O)(=O)Nc2ncccc2Br)c1N. The van der Waals surface area contributed by atoms with Gasteiger partial charge in [-0.1, -0.05) is 12.1 Å². The molecule has 1 aromatic carbocycles. The number of anilines is 2. The van der Waals surface area contributed by atoms with E-state index in [2.05, 4.69) is 25.6 Å². The summed E-state index contributed by atoms with van der Waals surface area (Å²) >= 11 is 3.25. The Morgan fingerprint density at radius 1 is 1.20 bits per heavy atom. The van der Waals surface area contributed by atoms with Crippen LogP contribution in [0.3, 0.4) is 0 Å². The minimum atomic E-state index is -3.79. The third-order valence-corrected chi connectivity index (χ3v) is 5.05. The summed E-state index contributed by atoms with van der Waals surface area (Å²) < 4.78 is 28.0. The van der Waals surface area contributed by atoms with Crippen molar-refractivity contribution in [3.63, 3.8) is 0 Å². The number of hydrogen-bond donors (Lipinski definition) is 2. The Kier molecular flexibility index (Phi) is 4.01. The Hall–Kier alpha value is -1.60. The minimum absolute atomic E-state index is 0.0926. The fraction of sp³-hybridized carbons (Fsp3) is 0.154. The average molecular weight is 356 g/mol. The van der Waals surface area contributed by atoms with E-state index in [-0.39, 0.29) is 16.4 Å². The zero-order valence-corrected chi connectivity index (χ0v) is 13.4. The van der Waals surface area contributed by atoms with Gasteiger partial charge in [0.25, 0.3) is 10.0 Å². The van der Waals surface area contributed by atoms with Gasteiger partial charge in [0, 0.05) is 6.20 Å². The van der Waals surface area contributed by atoms with Gasteiger partial charge in [-0.15, -0.1) is 0 Å². The van der Waals surface area contributed by atoms with Gasteiger partial charge in [-0.25, -0.2) is 13.4 Å². The number of nitrogen functional groups attached to an aromatic ring is 1. The van der Waals surface area contributed by atoms with Crippen LogP contribution in [-0.2, 0) is 10.0 Å². The number of nitrogens with zero attached hydrogens (tertiary/aromatic N) is 1. The third-order valence-electron chi connectivity index (χ3n) is 2.87. The van der Waals surface area contributed by atoms with Crippen LogP contribution in [0.25, 0.3) is 0 Å². The molecule has 1 heterocycles. The molecule has 7 heteroatoms. The fourth-order valence-corrected chi connectivity index (χ4v) is 3.75. The zero-order valence-electron chi connectivity index (χ0n) is 11.0. The van der Waals surface area contributed by atoms with Crippen LogP contribution in [0.5, 0.6) is 0 Å². The predicted octanol–water partition coefficient (Wildman–Crippen LogP) is 2.84. The van der Waals surface area contributed by atoms with Crippen LogP contribution in [0.1, 0.15) is 11.1 Å². The smallest absolute Gasteiger partial charge is 0.265 e. The van der Waals surface area contributed by atoms with Gasteiger partial charge < -0.3 is 5.73 Å². The minimum Gasteiger partial charge on any atom is -0.397 e. The second kappa shape index (κ2) is 5.41. The summed E-state index contributed by atoms with van der Waals surface area (Å²) in [7, 11) is -3.79. The maximum Gasteiger partial charge on any atom is 0.265 e. The summed E-state index contributed by atoms with van der Waals surface area (Å²) in [6.07, 6.45) is 1.51. The van der Waals surface area contributed by atoms with E-state index >= 15 is 0 Å². The number of aryl methyl sites for hydroxylation is 2. The van der Waals surface area contributed by atoms with Gasteiger partial charge in [-0.05, 0) is 53.0 Å². The lowest BCUT2D eigenvalue weighted by atomic mass is 10.1. The first-order chi connectivity index (χ1) is 9.33. The van der Waals surface area contributed by atoms with Crippen LogP contribution in [0.15, 0.2) is 39.8 Å². The molecule has 0 radical (unpaired) electrons. The van der Waals surface area contributed by atoms with Gasteiger partial charge in [-0.3, -0.25) is 4.72 Å². The normalized spacial score (nSPS) is 11.3. The quantitative estimate of drug-likeness (QED) is 0.829. The molecule has 2 aromatic rings. The predicted molar refractivity (Wildman–Crippen MR) is 83.1 cm³/mol. The molecule has 0 saturated carbocycles. The topological polar surface area (TPSA) is 85.1 Å². The largest absolute Gasteiger partial charge is 0.397 e. The Labute approximate surface area is 126 Å². The number of nitrogens with two attached hydrogens (primary N) is 1. The Balaban J connectivity index is 2.52. The number of nitrogens with one attached hydrogen (secondary N) is 1. The molecular formula is C13H14BrN3O2S. The molecule has 5 nitrogen and oxygen atoms in total. The molecular weight excluding hydrogens is 342 g/mol. The lowest BCUT2D eigenvalue weighted by molar-refractivity contribution is 0.600. The summed E-state index contributed by atoms with van der Waals surface area (Å²) in [5.41, 5.74) is 7.47. The van der Waals surface area contributed by atoms with Gasteiger partial charge in [0.05, 0.1) is 10.2 Å². The highest BCUT2D eigenvalue weighted by Gasteiger charge is 2.22. The monoisotopic (exact) mass is 355 g/mol. The van der Waals surface area contributed by atoms with E-state index in [1.807, 2.05) is 0 Å². The van der Waals surface area contributed by atoms with Crippen LogP contribution in [0.2, 0.25) is 0 Å². The number of sulfonamides is 1. The van der Waals surface area contributed by atoms with Crippen molar-refractivity contribution in [1.82, 2.24) is 4.98 Å². The highest BCUT2D eigenvalue weighted by molar-refractivity contribution is 9.10. The highest BCUT2D eigenvalue weighted by Crippen LogP contribution is 2.29. The van der Waals surface area contributed by atoms with Crippen molar-refractivity contribution in [3.05, 3.63) is 46.1 Å². The van der Waals surface area contributed by atoms with Gasteiger partial charge in [-0.2, -0.15) is 0 Å². The van der Waals surface area contributed by atoms with E-state index in [1.165, 1.54) is 6.20 Å². The highest BCUT2D eigenvalue weighted by atomic mass is 79.9. The maximum atomic E-state index is 12.5. The van der Waals surface area contributed by atoms with E-state index in [9.17, 15) is 8.42 Å². The van der Waals surface area contributed by atoms with E-state index in [4.69, 9.17) is 5.73 Å². The fourth-order valence-electron chi connectivity index (χ4n) is 1.80. The number of aromatic nitrogens is 1. The summed E-state index contributed by atoms with van der Waals surface area (Å²) in [5, 5.41) is 0. The number of hydrogen-bond acceptors (Lipinski definition) is 4. The van der Waals surface area contributed by atoms with Crippen molar-refractivity contribution in [2.75, 3.05) is 10.5 Å². The molecule has 0 aliphatic heterocycles. The zero-order chi connectivity index (χ0) is 14.9. The molecule has 0 amide bonds. The van der Waals surface area contributed by atoms with E-state index in [0.29, 0.717) is 10.0 Å². The molecule has 0 aliphatic carbocycles. The summed E-state index contributed by atoms with van der Waals surface area (Å²) in [6, 6.07) is 6.93. The molecule has 0 spiro atoms. The van der Waals surface area contributed by atoms with Crippen LogP contribution in [0, 0.1) is 13.8 Å². The molecule has 2 rings (SSSR count). The second-order valence-corrected chi connectivity index (χ2v) is 6.86. The Bertz CT molecular complexity index is 760. The lowest BCUT2D eigenvalue weighted by Gasteiger charge is -2.14. The van der Waals surface area contributed by atoms with Crippen molar-refractivity contribution in [2.24, 2.45) is 0 Å². The molecule has 0 bridgehead atoms. The number of halogens is 1. The van der Waals surface area contributed by atoms with Crippen LogP contribution in [0.4, 0.5) is 11.5 Å². The first-order valence-corrected chi connectivity index (χ1v) is 8.09. The number of pyridine rings is 1. The number of rotatable bonds is 3. The molecule has 0 atom stereocenters. The third kappa shape index (κ3) is 2.78.